The van der Waals surface area contributed by atoms with Gasteiger partial charge in [0.25, 0.3) is 5.91 Å². The number of anilines is 1. The summed E-state index contributed by atoms with van der Waals surface area (Å²) < 4.78 is 1.72. The van der Waals surface area contributed by atoms with Crippen LogP contribution in [0.3, 0.4) is 0 Å². The van der Waals surface area contributed by atoms with Gasteiger partial charge in [-0.25, -0.2) is 9.67 Å². The number of benzene rings is 1. The van der Waals surface area contributed by atoms with E-state index < -0.39 is 0 Å². The first-order valence-corrected chi connectivity index (χ1v) is 10.4. The molecule has 6 nitrogen and oxygen atoms in total. The average molecular weight is 416 g/mol. The first kappa shape index (κ1) is 19.0. The number of amides is 1. The van der Waals surface area contributed by atoms with E-state index in [0.717, 1.165) is 30.2 Å². The second-order valence-corrected chi connectivity index (χ2v) is 8.28. The van der Waals surface area contributed by atoms with Gasteiger partial charge in [0, 0.05) is 31.9 Å². The van der Waals surface area contributed by atoms with Crippen LogP contribution in [0, 0.1) is 20.8 Å². The average Bonchev–Trinajstić information content (AvgIpc) is 3.23. The van der Waals surface area contributed by atoms with E-state index >= 15 is 0 Å². The molecule has 28 heavy (non-hydrogen) atoms. The van der Waals surface area contributed by atoms with Gasteiger partial charge >= 0.3 is 0 Å². The van der Waals surface area contributed by atoms with Crippen LogP contribution < -0.4 is 4.90 Å². The maximum absolute atomic E-state index is 13.1. The van der Waals surface area contributed by atoms with Crippen LogP contribution in [0.5, 0.6) is 0 Å². The van der Waals surface area contributed by atoms with E-state index in [0.29, 0.717) is 28.1 Å². The lowest BCUT2D eigenvalue weighted by molar-refractivity contribution is 0.0750. The maximum Gasteiger partial charge on any atom is 0.266 e. The van der Waals surface area contributed by atoms with Gasteiger partial charge < -0.3 is 9.80 Å². The quantitative estimate of drug-likeness (QED) is 0.651. The summed E-state index contributed by atoms with van der Waals surface area (Å²) in [6, 6.07) is 10.3. The van der Waals surface area contributed by atoms with Crippen LogP contribution >= 0.6 is 22.9 Å². The molecule has 1 amide bonds. The van der Waals surface area contributed by atoms with Crippen LogP contribution in [-0.2, 0) is 0 Å². The van der Waals surface area contributed by atoms with Crippen molar-refractivity contribution in [1.29, 1.82) is 0 Å². The summed E-state index contributed by atoms with van der Waals surface area (Å²) in [7, 11) is 0. The van der Waals surface area contributed by atoms with Gasteiger partial charge in [0.05, 0.1) is 22.1 Å². The Morgan fingerprint density at radius 3 is 2.32 bits per heavy atom. The lowest BCUT2D eigenvalue weighted by Gasteiger charge is -2.36. The molecule has 1 aliphatic rings. The Labute approximate surface area is 173 Å². The second kappa shape index (κ2) is 7.56. The number of rotatable bonds is 3. The number of hydrogen-bond acceptors (Lipinski definition) is 5. The fourth-order valence-electron chi connectivity index (χ4n) is 3.43. The minimum atomic E-state index is 0.0431. The van der Waals surface area contributed by atoms with E-state index in [1.165, 1.54) is 17.0 Å². The second-order valence-electron chi connectivity index (χ2n) is 6.92. The number of carbonyl (C=O) groups is 1. The Balaban J connectivity index is 1.50. The summed E-state index contributed by atoms with van der Waals surface area (Å²) in [5.41, 5.74) is 3.53. The zero-order valence-corrected chi connectivity index (χ0v) is 17.7. The van der Waals surface area contributed by atoms with Crippen molar-refractivity contribution in [2.75, 3.05) is 31.1 Å². The Bertz CT molecular complexity index is 1010. The lowest BCUT2D eigenvalue weighted by atomic mass is 10.2. The molecule has 0 bridgehead atoms. The zero-order chi connectivity index (χ0) is 19.8. The number of aromatic nitrogens is 3. The summed E-state index contributed by atoms with van der Waals surface area (Å²) >= 11 is 7.63. The van der Waals surface area contributed by atoms with Crippen LogP contribution in [0.15, 0.2) is 30.3 Å². The van der Waals surface area contributed by atoms with E-state index in [2.05, 4.69) is 27.1 Å². The Kier molecular flexibility index (Phi) is 5.12. The summed E-state index contributed by atoms with van der Waals surface area (Å²) in [4.78, 5) is 22.6. The van der Waals surface area contributed by atoms with Gasteiger partial charge in [0.2, 0.25) is 5.13 Å². The Morgan fingerprint density at radius 1 is 1.04 bits per heavy atom. The number of hydrogen-bond donors (Lipinski definition) is 0. The minimum Gasteiger partial charge on any atom is -0.368 e. The van der Waals surface area contributed by atoms with Crippen molar-refractivity contribution in [3.05, 3.63) is 57.3 Å². The molecule has 3 aromatic rings. The van der Waals surface area contributed by atoms with Gasteiger partial charge in [-0.15, -0.1) is 0 Å². The van der Waals surface area contributed by atoms with Crippen LogP contribution in [0.25, 0.3) is 5.13 Å². The van der Waals surface area contributed by atoms with Crippen LogP contribution in [0.2, 0.25) is 5.02 Å². The SMILES string of the molecule is Cc1nc(-n2nc(C)c(Cl)c2C)sc1C(=O)N1CCN(c2ccccc2)CC1. The van der Waals surface area contributed by atoms with Gasteiger partial charge in [-0.05, 0) is 32.9 Å². The highest BCUT2D eigenvalue weighted by Gasteiger charge is 2.26. The molecule has 0 atom stereocenters. The predicted molar refractivity (Wildman–Crippen MR) is 113 cm³/mol. The molecule has 2 aromatic heterocycles. The van der Waals surface area contributed by atoms with E-state index in [-0.39, 0.29) is 5.91 Å². The largest absolute Gasteiger partial charge is 0.368 e. The van der Waals surface area contributed by atoms with Crippen LogP contribution in [0.4, 0.5) is 5.69 Å². The number of aryl methyl sites for hydroxylation is 2. The van der Waals surface area contributed by atoms with Crippen molar-refractivity contribution in [3.8, 4) is 5.13 Å². The third-order valence-electron chi connectivity index (χ3n) is 5.05. The molecule has 146 valence electrons. The molecule has 0 radical (unpaired) electrons. The van der Waals surface area contributed by atoms with Crippen molar-refractivity contribution in [1.82, 2.24) is 19.7 Å². The van der Waals surface area contributed by atoms with Crippen LogP contribution in [0.1, 0.15) is 26.8 Å². The van der Waals surface area contributed by atoms with E-state index in [1.807, 2.05) is 43.9 Å². The predicted octanol–water partition coefficient (Wildman–Crippen LogP) is 3.87. The number of halogens is 1. The lowest BCUT2D eigenvalue weighted by Crippen LogP contribution is -2.48. The summed E-state index contributed by atoms with van der Waals surface area (Å²) in [5, 5.41) is 5.76. The summed E-state index contributed by atoms with van der Waals surface area (Å²) in [6.45, 7) is 8.70. The number of nitrogens with zero attached hydrogens (tertiary/aromatic N) is 5. The molecule has 0 saturated carbocycles. The third kappa shape index (κ3) is 3.40. The molecule has 1 fully saturated rings. The fourth-order valence-corrected chi connectivity index (χ4v) is 4.59. The first-order chi connectivity index (χ1) is 13.5. The Hall–Kier alpha value is -2.38. The monoisotopic (exact) mass is 415 g/mol. The van der Waals surface area contributed by atoms with E-state index in [1.54, 1.807) is 4.68 Å². The summed E-state index contributed by atoms with van der Waals surface area (Å²) in [5.74, 6) is 0.0431. The molecule has 1 saturated heterocycles. The summed E-state index contributed by atoms with van der Waals surface area (Å²) in [6.07, 6.45) is 0. The van der Waals surface area contributed by atoms with Crippen molar-refractivity contribution in [2.24, 2.45) is 0 Å². The number of piperazine rings is 1. The van der Waals surface area contributed by atoms with E-state index in [4.69, 9.17) is 11.6 Å². The number of carbonyl (C=O) groups excluding carboxylic acids is 1. The number of thiazole rings is 1. The maximum atomic E-state index is 13.1. The van der Waals surface area contributed by atoms with Crippen molar-refractivity contribution < 1.29 is 4.79 Å². The molecule has 4 rings (SSSR count). The highest BCUT2D eigenvalue weighted by atomic mass is 35.5. The van der Waals surface area contributed by atoms with Gasteiger partial charge in [0.1, 0.15) is 4.88 Å². The van der Waals surface area contributed by atoms with Crippen molar-refractivity contribution in [3.63, 3.8) is 0 Å². The minimum absolute atomic E-state index is 0.0431. The topological polar surface area (TPSA) is 54.3 Å². The molecular weight excluding hydrogens is 394 g/mol. The molecule has 8 heteroatoms. The molecule has 0 unspecified atom stereocenters. The van der Waals surface area contributed by atoms with Gasteiger partial charge in [-0.2, -0.15) is 5.10 Å². The zero-order valence-electron chi connectivity index (χ0n) is 16.1. The Morgan fingerprint density at radius 2 is 1.71 bits per heavy atom. The molecule has 0 N–H and O–H groups in total. The number of para-hydroxylation sites is 1. The first-order valence-electron chi connectivity index (χ1n) is 9.24. The third-order valence-corrected chi connectivity index (χ3v) is 6.72. The van der Waals surface area contributed by atoms with Crippen molar-refractivity contribution >= 4 is 34.5 Å². The smallest absolute Gasteiger partial charge is 0.266 e. The fraction of sp³-hybridized carbons (Fsp3) is 0.350. The normalized spacial score (nSPS) is 14.6. The van der Waals surface area contributed by atoms with Crippen LogP contribution in [-0.4, -0.2) is 51.8 Å². The molecule has 0 aliphatic carbocycles. The van der Waals surface area contributed by atoms with Gasteiger partial charge in [-0.3, -0.25) is 4.79 Å². The van der Waals surface area contributed by atoms with Gasteiger partial charge in [0.15, 0.2) is 0 Å². The molecule has 1 aromatic carbocycles. The highest BCUT2D eigenvalue weighted by molar-refractivity contribution is 7.16. The molecule has 0 spiro atoms. The molecule has 1 aliphatic heterocycles. The van der Waals surface area contributed by atoms with E-state index in [9.17, 15) is 4.79 Å². The highest BCUT2D eigenvalue weighted by Crippen LogP contribution is 2.28. The standard InChI is InChI=1S/C20H22ClN5OS/c1-13-17(21)15(3)26(23-13)20-22-14(2)18(28-20)19(27)25-11-9-24(10-12-25)16-7-5-4-6-8-16/h4-8H,9-12H2,1-3H3. The van der Waals surface area contributed by atoms with Gasteiger partial charge in [-0.1, -0.05) is 41.1 Å². The van der Waals surface area contributed by atoms with Crippen molar-refractivity contribution in [2.45, 2.75) is 20.8 Å². The molecular formula is C20H22ClN5OS. The molecule has 3 heterocycles.